The Bertz CT molecular complexity index is 1340. The molecule has 4 aromatic rings. The van der Waals surface area contributed by atoms with Crippen LogP contribution in [0.25, 0.3) is 21.8 Å². The standard InChI is InChI=1S/C30H38N4O4/c1-7-37-29(35)27-23(17-33(3)4)21-15-19(11-13-25(21)31-27)9-10-20-12-14-26-22(16-20)24(18-34(5)6)28(32-26)30(36)38-8-2/h11-16,31-32H,7-10,17-18H2,1-6H3. The molecule has 2 aromatic carbocycles. The summed E-state index contributed by atoms with van der Waals surface area (Å²) in [7, 11) is 7.97. The minimum absolute atomic E-state index is 0.322. The van der Waals surface area contributed by atoms with Crippen molar-refractivity contribution in [3.05, 3.63) is 70.0 Å². The van der Waals surface area contributed by atoms with Crippen molar-refractivity contribution in [3.8, 4) is 0 Å². The molecule has 202 valence electrons. The van der Waals surface area contributed by atoms with E-state index in [-0.39, 0.29) is 11.9 Å². The summed E-state index contributed by atoms with van der Waals surface area (Å²) in [6.45, 7) is 5.58. The summed E-state index contributed by atoms with van der Waals surface area (Å²) in [6, 6.07) is 12.7. The normalized spacial score (nSPS) is 11.7. The first-order valence-corrected chi connectivity index (χ1v) is 13.1. The number of nitrogens with zero attached hydrogens (tertiary/aromatic N) is 2. The van der Waals surface area contributed by atoms with Crippen molar-refractivity contribution in [1.82, 2.24) is 19.8 Å². The van der Waals surface area contributed by atoms with Crippen LogP contribution in [-0.4, -0.2) is 73.1 Å². The Kier molecular flexibility index (Phi) is 8.54. The Morgan fingerprint density at radius 1 is 0.684 bits per heavy atom. The summed E-state index contributed by atoms with van der Waals surface area (Å²) < 4.78 is 10.6. The van der Waals surface area contributed by atoms with E-state index >= 15 is 0 Å². The van der Waals surface area contributed by atoms with Crippen molar-refractivity contribution in [2.24, 2.45) is 0 Å². The van der Waals surface area contributed by atoms with Gasteiger partial charge in [0.05, 0.1) is 13.2 Å². The van der Waals surface area contributed by atoms with E-state index in [0.29, 0.717) is 37.7 Å². The first-order valence-electron chi connectivity index (χ1n) is 13.1. The number of esters is 2. The third-order valence-electron chi connectivity index (χ3n) is 6.55. The van der Waals surface area contributed by atoms with E-state index < -0.39 is 0 Å². The number of carbonyl (C=O) groups excluding carboxylic acids is 2. The van der Waals surface area contributed by atoms with E-state index in [2.05, 4.69) is 44.0 Å². The van der Waals surface area contributed by atoms with Gasteiger partial charge in [-0.1, -0.05) is 12.1 Å². The summed E-state index contributed by atoms with van der Waals surface area (Å²) in [5, 5.41) is 2.10. The average molecular weight is 519 g/mol. The molecule has 0 amide bonds. The first kappa shape index (κ1) is 27.4. The quantitative estimate of drug-likeness (QED) is 0.274. The van der Waals surface area contributed by atoms with Crippen LogP contribution >= 0.6 is 0 Å². The molecule has 0 atom stereocenters. The zero-order valence-electron chi connectivity index (χ0n) is 23.2. The fraction of sp³-hybridized carbons (Fsp3) is 0.400. The lowest BCUT2D eigenvalue weighted by molar-refractivity contribution is 0.0509. The summed E-state index contributed by atoms with van der Waals surface area (Å²) in [4.78, 5) is 35.8. The molecule has 2 aromatic heterocycles. The summed E-state index contributed by atoms with van der Waals surface area (Å²) in [6.07, 6.45) is 1.70. The molecule has 0 aliphatic rings. The molecule has 8 heteroatoms. The van der Waals surface area contributed by atoms with Gasteiger partial charge in [-0.2, -0.15) is 0 Å². The van der Waals surface area contributed by atoms with Gasteiger partial charge < -0.3 is 29.2 Å². The minimum Gasteiger partial charge on any atom is -0.461 e. The van der Waals surface area contributed by atoms with Crippen LogP contribution in [0.15, 0.2) is 36.4 Å². The lowest BCUT2D eigenvalue weighted by Gasteiger charge is -2.11. The van der Waals surface area contributed by atoms with Crippen molar-refractivity contribution in [3.63, 3.8) is 0 Å². The first-order chi connectivity index (χ1) is 18.2. The highest BCUT2D eigenvalue weighted by atomic mass is 16.5. The summed E-state index contributed by atoms with van der Waals surface area (Å²) in [5.41, 5.74) is 7.22. The van der Waals surface area contributed by atoms with Gasteiger partial charge in [0.15, 0.2) is 0 Å². The molecule has 0 saturated carbocycles. The molecular formula is C30H38N4O4. The molecule has 38 heavy (non-hydrogen) atoms. The molecule has 0 aliphatic carbocycles. The molecule has 8 nitrogen and oxygen atoms in total. The zero-order valence-corrected chi connectivity index (χ0v) is 23.2. The molecule has 2 N–H and O–H groups in total. The molecule has 0 spiro atoms. The van der Waals surface area contributed by atoms with Crippen LogP contribution in [0.3, 0.4) is 0 Å². The van der Waals surface area contributed by atoms with Crippen molar-refractivity contribution >= 4 is 33.7 Å². The number of carbonyl (C=O) groups is 2. The molecule has 0 aliphatic heterocycles. The highest BCUT2D eigenvalue weighted by Crippen LogP contribution is 2.28. The van der Waals surface area contributed by atoms with E-state index in [9.17, 15) is 9.59 Å². The van der Waals surface area contributed by atoms with Gasteiger partial charge >= 0.3 is 11.9 Å². The van der Waals surface area contributed by atoms with Gasteiger partial charge in [-0.3, -0.25) is 0 Å². The van der Waals surface area contributed by atoms with Crippen LogP contribution in [0.5, 0.6) is 0 Å². The van der Waals surface area contributed by atoms with E-state index in [4.69, 9.17) is 9.47 Å². The second-order valence-electron chi connectivity index (χ2n) is 10.1. The molecule has 0 saturated heterocycles. The minimum atomic E-state index is -0.322. The third-order valence-corrected chi connectivity index (χ3v) is 6.55. The van der Waals surface area contributed by atoms with Crippen LogP contribution < -0.4 is 0 Å². The molecule has 0 fully saturated rings. The highest BCUT2D eigenvalue weighted by Gasteiger charge is 2.21. The summed E-state index contributed by atoms with van der Waals surface area (Å²) >= 11 is 0. The number of aryl methyl sites for hydroxylation is 2. The SMILES string of the molecule is CCOC(=O)c1[nH]c2ccc(CCc3ccc4[nH]c(C(=O)OCC)c(CN(C)C)c4c3)cc2c1CN(C)C. The maximum Gasteiger partial charge on any atom is 0.355 e. The number of hydrogen-bond donors (Lipinski definition) is 2. The predicted octanol–water partition coefficient (Wildman–Crippen LogP) is 4.91. The van der Waals surface area contributed by atoms with Gasteiger partial charge in [0.1, 0.15) is 11.4 Å². The van der Waals surface area contributed by atoms with Gasteiger partial charge in [0.25, 0.3) is 0 Å². The number of rotatable bonds is 11. The fourth-order valence-corrected chi connectivity index (χ4v) is 4.91. The Labute approximate surface area is 223 Å². The largest absolute Gasteiger partial charge is 0.461 e. The third kappa shape index (κ3) is 5.92. The molecule has 2 heterocycles. The molecule has 0 radical (unpaired) electrons. The maximum absolute atomic E-state index is 12.6. The Balaban J connectivity index is 1.63. The molecule has 0 unspecified atom stereocenters. The lowest BCUT2D eigenvalue weighted by atomic mass is 10.00. The maximum atomic E-state index is 12.6. The number of H-pyrrole nitrogens is 2. The number of ether oxygens (including phenoxy) is 2. The van der Waals surface area contributed by atoms with Crippen molar-refractivity contribution in [1.29, 1.82) is 0 Å². The smallest absolute Gasteiger partial charge is 0.355 e. The Morgan fingerprint density at radius 3 is 1.42 bits per heavy atom. The molecular weight excluding hydrogens is 480 g/mol. The van der Waals surface area contributed by atoms with Crippen molar-refractivity contribution in [2.75, 3.05) is 41.4 Å². The Hall–Kier alpha value is -3.62. The van der Waals surface area contributed by atoms with Gasteiger partial charge in [0.2, 0.25) is 0 Å². The zero-order chi connectivity index (χ0) is 27.4. The van der Waals surface area contributed by atoms with E-state index in [1.165, 1.54) is 11.1 Å². The second-order valence-corrected chi connectivity index (χ2v) is 10.1. The Morgan fingerprint density at radius 2 is 1.08 bits per heavy atom. The van der Waals surface area contributed by atoms with E-state index in [0.717, 1.165) is 45.8 Å². The van der Waals surface area contributed by atoms with Crippen LogP contribution in [0.4, 0.5) is 0 Å². The van der Waals surface area contributed by atoms with Gasteiger partial charge in [-0.25, -0.2) is 9.59 Å². The number of fused-ring (bicyclic) bond motifs is 2. The highest BCUT2D eigenvalue weighted by molar-refractivity contribution is 5.99. The molecule has 4 rings (SSSR count). The number of benzene rings is 2. The van der Waals surface area contributed by atoms with Gasteiger partial charge in [-0.15, -0.1) is 0 Å². The van der Waals surface area contributed by atoms with Crippen molar-refractivity contribution in [2.45, 2.75) is 39.8 Å². The lowest BCUT2D eigenvalue weighted by Crippen LogP contribution is -2.15. The fourth-order valence-electron chi connectivity index (χ4n) is 4.91. The number of aromatic nitrogens is 2. The van der Waals surface area contributed by atoms with Gasteiger partial charge in [-0.05, 0) is 90.3 Å². The number of hydrogen-bond acceptors (Lipinski definition) is 6. The second kappa shape index (κ2) is 11.8. The number of nitrogens with one attached hydrogen (secondary N) is 2. The monoisotopic (exact) mass is 518 g/mol. The predicted molar refractivity (Wildman–Crippen MR) is 151 cm³/mol. The van der Waals surface area contributed by atoms with Crippen molar-refractivity contribution < 1.29 is 19.1 Å². The number of aromatic amines is 2. The van der Waals surface area contributed by atoms with Gasteiger partial charge in [0, 0.05) is 46.0 Å². The van der Waals surface area contributed by atoms with Crippen LogP contribution in [-0.2, 0) is 35.4 Å². The topological polar surface area (TPSA) is 90.7 Å². The van der Waals surface area contributed by atoms with Crippen LogP contribution in [0, 0.1) is 0 Å². The van der Waals surface area contributed by atoms with Crippen LogP contribution in [0.2, 0.25) is 0 Å². The average Bonchev–Trinajstić information content (AvgIpc) is 3.40. The summed E-state index contributed by atoms with van der Waals surface area (Å²) in [5.74, 6) is -0.643. The molecule has 0 bridgehead atoms. The van der Waals surface area contributed by atoms with E-state index in [1.54, 1.807) is 0 Å². The van der Waals surface area contributed by atoms with E-state index in [1.807, 2.05) is 54.2 Å². The van der Waals surface area contributed by atoms with Crippen LogP contribution in [0.1, 0.15) is 57.1 Å².